The minimum atomic E-state index is 0.588. The highest BCUT2D eigenvalue weighted by atomic mass is 16.3. The molecule has 0 aliphatic carbocycles. The van der Waals surface area contributed by atoms with Crippen molar-refractivity contribution in [3.63, 3.8) is 0 Å². The van der Waals surface area contributed by atoms with Gasteiger partial charge in [-0.25, -0.2) is 15.0 Å². The molecule has 2 aromatic heterocycles. The first-order valence-corrected chi connectivity index (χ1v) is 18.5. The molecule has 9 aromatic carbocycles. The molecule has 11 aromatic rings. The highest BCUT2D eigenvalue weighted by Crippen LogP contribution is 2.44. The molecule has 256 valence electrons. The topological polar surface area (TPSA) is 51.8 Å². The summed E-state index contributed by atoms with van der Waals surface area (Å²) in [7, 11) is 0. The lowest BCUT2D eigenvalue weighted by atomic mass is 9.90. The van der Waals surface area contributed by atoms with Gasteiger partial charge in [-0.05, 0) is 72.8 Å². The van der Waals surface area contributed by atoms with Crippen LogP contribution in [0.2, 0.25) is 0 Å². The zero-order valence-electron chi connectivity index (χ0n) is 29.6. The number of fused-ring (bicyclic) bond motifs is 8. The molecule has 4 nitrogen and oxygen atoms in total. The van der Waals surface area contributed by atoms with Crippen molar-refractivity contribution in [3.05, 3.63) is 188 Å². The van der Waals surface area contributed by atoms with Crippen LogP contribution in [-0.4, -0.2) is 15.0 Å². The van der Waals surface area contributed by atoms with Crippen molar-refractivity contribution in [2.24, 2.45) is 0 Å². The smallest absolute Gasteiger partial charge is 0.165 e. The molecule has 0 N–H and O–H groups in total. The van der Waals surface area contributed by atoms with Gasteiger partial charge in [0.25, 0.3) is 0 Å². The monoisotopic (exact) mass is 701 g/mol. The lowest BCUT2D eigenvalue weighted by molar-refractivity contribution is 0.669. The quantitative estimate of drug-likeness (QED) is 0.168. The minimum Gasteiger partial charge on any atom is -0.456 e. The lowest BCUT2D eigenvalue weighted by Crippen LogP contribution is -2.02. The number of nitrogens with zero attached hydrogens (tertiary/aromatic N) is 3. The zero-order chi connectivity index (χ0) is 36.3. The van der Waals surface area contributed by atoms with Crippen LogP contribution in [0.25, 0.3) is 111 Å². The van der Waals surface area contributed by atoms with Gasteiger partial charge in [-0.3, -0.25) is 0 Å². The van der Waals surface area contributed by atoms with Crippen molar-refractivity contribution < 1.29 is 4.42 Å². The molecular formula is C51H31N3O. The molecule has 55 heavy (non-hydrogen) atoms. The predicted molar refractivity (Wildman–Crippen MR) is 227 cm³/mol. The van der Waals surface area contributed by atoms with Crippen molar-refractivity contribution in [2.45, 2.75) is 0 Å². The Morgan fingerprint density at radius 2 is 0.909 bits per heavy atom. The van der Waals surface area contributed by atoms with Crippen LogP contribution in [0.5, 0.6) is 0 Å². The normalized spacial score (nSPS) is 11.6. The molecule has 0 amide bonds. The van der Waals surface area contributed by atoms with Gasteiger partial charge in [0.05, 0.1) is 0 Å². The summed E-state index contributed by atoms with van der Waals surface area (Å²) in [6.45, 7) is 0. The average Bonchev–Trinajstić information content (AvgIpc) is 3.65. The Bertz CT molecular complexity index is 3260. The van der Waals surface area contributed by atoms with E-state index in [0.717, 1.165) is 60.9 Å². The maximum atomic E-state index is 6.44. The number of aromatic nitrogens is 3. The van der Waals surface area contributed by atoms with Gasteiger partial charge in [0.2, 0.25) is 0 Å². The SMILES string of the molecule is c1ccc(-c2nc(-c3ccccc3-c3cccc4c3ccc3ccc5ccccc5c34)nc(-c3c(-c4ccccc4)ccc4oc5ccccc5c34)n2)cc1. The van der Waals surface area contributed by atoms with Crippen LogP contribution in [0, 0.1) is 0 Å². The lowest BCUT2D eigenvalue weighted by Gasteiger charge is -2.16. The average molecular weight is 702 g/mol. The van der Waals surface area contributed by atoms with Crippen molar-refractivity contribution in [1.29, 1.82) is 0 Å². The second kappa shape index (κ2) is 12.6. The molecular weight excluding hydrogens is 671 g/mol. The summed E-state index contributed by atoms with van der Waals surface area (Å²) in [5.41, 5.74) is 8.64. The third-order valence-electron chi connectivity index (χ3n) is 10.7. The first kappa shape index (κ1) is 31.1. The molecule has 0 fully saturated rings. The van der Waals surface area contributed by atoms with E-state index < -0.39 is 0 Å². The summed E-state index contributed by atoms with van der Waals surface area (Å²) in [4.78, 5) is 15.9. The Balaban J connectivity index is 1.20. The molecule has 11 rings (SSSR count). The van der Waals surface area contributed by atoms with Crippen LogP contribution < -0.4 is 0 Å². The van der Waals surface area contributed by atoms with E-state index >= 15 is 0 Å². The van der Waals surface area contributed by atoms with Gasteiger partial charge >= 0.3 is 0 Å². The Morgan fingerprint density at radius 1 is 0.291 bits per heavy atom. The number of hydrogen-bond acceptors (Lipinski definition) is 4. The van der Waals surface area contributed by atoms with E-state index in [1.54, 1.807) is 0 Å². The molecule has 4 heteroatoms. The van der Waals surface area contributed by atoms with E-state index in [4.69, 9.17) is 19.4 Å². The highest BCUT2D eigenvalue weighted by Gasteiger charge is 2.23. The van der Waals surface area contributed by atoms with E-state index in [0.29, 0.717) is 17.5 Å². The number of hydrogen-bond donors (Lipinski definition) is 0. The minimum absolute atomic E-state index is 0.588. The third-order valence-corrected chi connectivity index (χ3v) is 10.7. The molecule has 0 saturated heterocycles. The largest absolute Gasteiger partial charge is 0.456 e. The van der Waals surface area contributed by atoms with Gasteiger partial charge in [0.1, 0.15) is 11.2 Å². The molecule has 0 aliphatic heterocycles. The number of rotatable bonds is 5. The number of benzene rings is 9. The Labute approximate surface area is 317 Å². The summed E-state index contributed by atoms with van der Waals surface area (Å²) in [6, 6.07) is 65.7. The Hall–Kier alpha value is -7.43. The van der Waals surface area contributed by atoms with Gasteiger partial charge in [-0.15, -0.1) is 0 Å². The second-order valence-corrected chi connectivity index (χ2v) is 13.9. The molecule has 0 aliphatic rings. The summed E-state index contributed by atoms with van der Waals surface area (Å²) >= 11 is 0. The van der Waals surface area contributed by atoms with Crippen LogP contribution in [-0.2, 0) is 0 Å². The molecule has 0 atom stereocenters. The Morgan fingerprint density at radius 3 is 1.76 bits per heavy atom. The predicted octanol–water partition coefficient (Wildman–Crippen LogP) is 13.6. The molecule has 0 radical (unpaired) electrons. The van der Waals surface area contributed by atoms with E-state index in [1.165, 1.54) is 32.3 Å². The van der Waals surface area contributed by atoms with Crippen LogP contribution >= 0.6 is 0 Å². The fraction of sp³-hybridized carbons (Fsp3) is 0. The summed E-state index contributed by atoms with van der Waals surface area (Å²) < 4.78 is 6.44. The number of para-hydroxylation sites is 1. The third kappa shape index (κ3) is 5.11. The van der Waals surface area contributed by atoms with Gasteiger partial charge in [0, 0.05) is 27.5 Å². The van der Waals surface area contributed by atoms with Crippen LogP contribution in [0.1, 0.15) is 0 Å². The van der Waals surface area contributed by atoms with Gasteiger partial charge in [-0.2, -0.15) is 0 Å². The first-order valence-electron chi connectivity index (χ1n) is 18.5. The van der Waals surface area contributed by atoms with Gasteiger partial charge < -0.3 is 4.42 Å². The zero-order valence-corrected chi connectivity index (χ0v) is 29.6. The first-order chi connectivity index (χ1) is 27.3. The van der Waals surface area contributed by atoms with Gasteiger partial charge in [0.15, 0.2) is 17.5 Å². The van der Waals surface area contributed by atoms with Crippen LogP contribution in [0.15, 0.2) is 192 Å². The van der Waals surface area contributed by atoms with Crippen molar-refractivity contribution in [3.8, 4) is 56.4 Å². The fourth-order valence-corrected chi connectivity index (χ4v) is 8.24. The van der Waals surface area contributed by atoms with E-state index in [1.807, 2.05) is 36.4 Å². The second-order valence-electron chi connectivity index (χ2n) is 13.9. The van der Waals surface area contributed by atoms with Crippen molar-refractivity contribution >= 4 is 54.3 Å². The summed E-state index contributed by atoms with van der Waals surface area (Å²) in [6.07, 6.45) is 0. The maximum Gasteiger partial charge on any atom is 0.165 e. The summed E-state index contributed by atoms with van der Waals surface area (Å²) in [5, 5.41) is 9.36. The van der Waals surface area contributed by atoms with Crippen LogP contribution in [0.3, 0.4) is 0 Å². The molecule has 0 unspecified atom stereocenters. The van der Waals surface area contributed by atoms with E-state index in [-0.39, 0.29) is 0 Å². The van der Waals surface area contributed by atoms with Crippen molar-refractivity contribution in [2.75, 3.05) is 0 Å². The van der Waals surface area contributed by atoms with Crippen LogP contribution in [0.4, 0.5) is 0 Å². The molecule has 0 spiro atoms. The standard InChI is InChI=1S/C51H31N3O/c1-3-14-32(15-4-1)37-30-31-45-47(43-22-11-12-25-44(43)55-45)48(37)51-53-49(35-17-5-2-6-18-35)52-50(54-51)42-21-10-9-20-39(42)38-23-13-24-41-40(38)29-28-34-27-26-33-16-7-8-19-36(33)46(34)41/h1-31H. The van der Waals surface area contributed by atoms with E-state index in [9.17, 15) is 0 Å². The molecule has 0 bridgehead atoms. The number of furan rings is 1. The summed E-state index contributed by atoms with van der Waals surface area (Å²) in [5.74, 6) is 1.80. The van der Waals surface area contributed by atoms with Crippen molar-refractivity contribution in [1.82, 2.24) is 15.0 Å². The van der Waals surface area contributed by atoms with E-state index in [2.05, 4.69) is 152 Å². The Kier molecular flexibility index (Phi) is 7.14. The fourth-order valence-electron chi connectivity index (χ4n) is 8.24. The van der Waals surface area contributed by atoms with Gasteiger partial charge in [-0.1, -0.05) is 170 Å². The maximum absolute atomic E-state index is 6.44. The molecule has 0 saturated carbocycles. The molecule has 2 heterocycles. The highest BCUT2D eigenvalue weighted by molar-refractivity contribution is 6.22.